The monoisotopic (exact) mass is 353 g/mol. The van der Waals surface area contributed by atoms with E-state index < -0.39 is 30.0 Å². The van der Waals surface area contributed by atoms with Gasteiger partial charge in [-0.25, -0.2) is 0 Å². The molecular weight excluding hydrogens is 348 g/mol. The lowest BCUT2D eigenvalue weighted by Crippen LogP contribution is -2.04. The largest absolute Gasteiger partial charge is 0.295 e. The van der Waals surface area contributed by atoms with Crippen LogP contribution in [0.15, 0.2) is 33.4 Å². The number of hydrogen-bond acceptors (Lipinski definition) is 5. The molecule has 1 heterocycles. The highest BCUT2D eigenvalue weighted by atomic mass is 35.5. The fraction of sp³-hybridized carbons (Fsp3) is 0. The summed E-state index contributed by atoms with van der Waals surface area (Å²) in [5.41, 5.74) is -0.150. The molecule has 20 heavy (non-hydrogen) atoms. The molecule has 1 aromatic carbocycles. The van der Waals surface area contributed by atoms with Gasteiger partial charge in [0.25, 0.3) is 20.2 Å². The van der Waals surface area contributed by atoms with Crippen LogP contribution in [0.25, 0.3) is 10.4 Å². The zero-order valence-corrected chi connectivity index (χ0v) is 12.6. The third-order valence-electron chi connectivity index (χ3n) is 2.29. The van der Waals surface area contributed by atoms with Gasteiger partial charge in [0.2, 0.25) is 0 Å². The van der Waals surface area contributed by atoms with Gasteiger partial charge in [0.15, 0.2) is 0 Å². The van der Waals surface area contributed by atoms with E-state index in [1.807, 2.05) is 0 Å². The van der Waals surface area contributed by atoms with Gasteiger partial charge in [-0.2, -0.15) is 16.8 Å². The van der Waals surface area contributed by atoms with Crippen LogP contribution in [0.5, 0.6) is 0 Å². The quantitative estimate of drug-likeness (QED) is 0.820. The first-order valence-electron chi connectivity index (χ1n) is 4.85. The molecule has 10 heteroatoms. The lowest BCUT2D eigenvalue weighted by atomic mass is 10.2. The molecule has 0 spiro atoms. The average Bonchev–Trinajstić information content (AvgIpc) is 2.72. The summed E-state index contributed by atoms with van der Waals surface area (Å²) in [6, 6.07) is 5.28. The molecule has 0 aliphatic rings. The Labute approximate surface area is 124 Å². The first kappa shape index (κ1) is 15.4. The molecule has 0 bridgehead atoms. The van der Waals surface area contributed by atoms with Gasteiger partial charge in [-0.05, 0) is 23.6 Å². The molecule has 0 amide bonds. The van der Waals surface area contributed by atoms with Crippen molar-refractivity contribution >= 4 is 43.2 Å². The van der Waals surface area contributed by atoms with E-state index in [1.54, 1.807) is 5.38 Å². The molecule has 0 unspecified atom stereocenters. The number of thiophene rings is 1. The van der Waals surface area contributed by atoms with E-state index >= 15 is 0 Å². The van der Waals surface area contributed by atoms with Gasteiger partial charge in [0.05, 0.1) is 14.8 Å². The summed E-state index contributed by atoms with van der Waals surface area (Å²) < 4.78 is 62.9. The summed E-state index contributed by atoms with van der Waals surface area (Å²) >= 11 is 6.92. The summed E-state index contributed by atoms with van der Waals surface area (Å²) in [4.78, 5) is -0.931. The molecule has 107 valence electrons. The number of halogens is 1. The van der Waals surface area contributed by atoms with Crippen molar-refractivity contribution in [2.75, 3.05) is 0 Å². The maximum absolute atomic E-state index is 11.3. The van der Waals surface area contributed by atoms with Crippen LogP contribution >= 0.6 is 22.9 Å². The van der Waals surface area contributed by atoms with Crippen molar-refractivity contribution in [2.24, 2.45) is 0 Å². The minimum atomic E-state index is -4.62. The van der Waals surface area contributed by atoms with Crippen LogP contribution in [-0.4, -0.2) is 25.9 Å². The van der Waals surface area contributed by atoms with E-state index in [-0.39, 0.29) is 15.5 Å². The van der Waals surface area contributed by atoms with E-state index in [4.69, 9.17) is 20.7 Å². The van der Waals surface area contributed by atoms with Crippen molar-refractivity contribution in [3.8, 4) is 10.4 Å². The standard InChI is InChI=1S/C10H6ClO6S3/c11-8-3-4-18-10(8)7-5-6(19(12,13)14)1-2-9(7)20(15,16)17/h1,3-5H,(H,12,13,14)(H,15,16,17). The maximum Gasteiger partial charge on any atom is 0.295 e. The summed E-state index contributed by atoms with van der Waals surface area (Å²) in [6.45, 7) is 0. The third kappa shape index (κ3) is 3.03. The number of rotatable bonds is 3. The van der Waals surface area contributed by atoms with Crippen molar-refractivity contribution in [1.29, 1.82) is 0 Å². The zero-order chi connectivity index (χ0) is 15.1. The van der Waals surface area contributed by atoms with Crippen molar-refractivity contribution < 1.29 is 25.9 Å². The Morgan fingerprint density at radius 3 is 2.25 bits per heavy atom. The Bertz CT molecular complexity index is 866. The van der Waals surface area contributed by atoms with Crippen molar-refractivity contribution in [3.63, 3.8) is 0 Å². The minimum absolute atomic E-state index is 0.150. The number of benzene rings is 1. The van der Waals surface area contributed by atoms with Crippen molar-refractivity contribution in [1.82, 2.24) is 0 Å². The fourth-order valence-electron chi connectivity index (χ4n) is 1.48. The Kier molecular flexibility index (Phi) is 3.93. The molecule has 0 aliphatic carbocycles. The molecule has 2 N–H and O–H groups in total. The van der Waals surface area contributed by atoms with Gasteiger partial charge >= 0.3 is 0 Å². The van der Waals surface area contributed by atoms with Gasteiger partial charge in [-0.3, -0.25) is 9.11 Å². The average molecular weight is 354 g/mol. The predicted molar refractivity (Wildman–Crippen MR) is 73.2 cm³/mol. The molecule has 2 rings (SSSR count). The Hall–Kier alpha value is -0.970. The SMILES string of the molecule is O=S(=O)(O)c1c[c]c(S(=O)(=O)O)c(-c2sccc2Cl)c1. The van der Waals surface area contributed by atoms with Crippen LogP contribution in [0.3, 0.4) is 0 Å². The normalized spacial score (nSPS) is 12.6. The van der Waals surface area contributed by atoms with Crippen molar-refractivity contribution in [3.05, 3.63) is 34.7 Å². The third-order valence-corrected chi connectivity index (χ3v) is 5.35. The topological polar surface area (TPSA) is 109 Å². The zero-order valence-electron chi connectivity index (χ0n) is 9.44. The molecular formula is C10H6ClO6S3. The molecule has 1 radical (unpaired) electrons. The fourth-order valence-corrected chi connectivity index (χ4v) is 3.85. The maximum atomic E-state index is 11.3. The predicted octanol–water partition coefficient (Wildman–Crippen LogP) is 2.36. The lowest BCUT2D eigenvalue weighted by molar-refractivity contribution is 0.478. The van der Waals surface area contributed by atoms with E-state index in [0.29, 0.717) is 0 Å². The Morgan fingerprint density at radius 1 is 1.15 bits per heavy atom. The second-order valence-corrected chi connectivity index (χ2v) is 7.73. The molecule has 6 nitrogen and oxygen atoms in total. The molecule has 0 fully saturated rings. The van der Waals surface area contributed by atoms with E-state index in [2.05, 4.69) is 6.07 Å². The molecule has 0 saturated heterocycles. The lowest BCUT2D eigenvalue weighted by Gasteiger charge is -2.07. The van der Waals surface area contributed by atoms with Crippen LogP contribution in [0.4, 0.5) is 0 Å². The molecule has 0 aliphatic heterocycles. The first-order valence-corrected chi connectivity index (χ1v) is 8.98. The van der Waals surface area contributed by atoms with Crippen LogP contribution in [0, 0.1) is 6.07 Å². The highest BCUT2D eigenvalue weighted by Crippen LogP contribution is 2.37. The Balaban J connectivity index is 2.84. The summed E-state index contributed by atoms with van der Waals surface area (Å²) in [7, 11) is -9.16. The van der Waals surface area contributed by atoms with Crippen LogP contribution in [0.1, 0.15) is 0 Å². The van der Waals surface area contributed by atoms with Gasteiger partial charge < -0.3 is 0 Å². The second kappa shape index (κ2) is 5.10. The minimum Gasteiger partial charge on any atom is -0.282 e. The molecule has 1 aromatic heterocycles. The van der Waals surface area contributed by atoms with Crippen LogP contribution in [0.2, 0.25) is 5.02 Å². The summed E-state index contributed by atoms with van der Waals surface area (Å²) in [6.07, 6.45) is 0. The smallest absolute Gasteiger partial charge is 0.282 e. The molecule has 2 aromatic rings. The summed E-state index contributed by atoms with van der Waals surface area (Å²) in [5.74, 6) is 0. The van der Waals surface area contributed by atoms with Gasteiger partial charge in [-0.1, -0.05) is 11.6 Å². The van der Waals surface area contributed by atoms with Crippen LogP contribution < -0.4 is 0 Å². The van der Waals surface area contributed by atoms with E-state index in [9.17, 15) is 16.8 Å². The Morgan fingerprint density at radius 2 is 1.80 bits per heavy atom. The number of hydrogen-bond donors (Lipinski definition) is 2. The van der Waals surface area contributed by atoms with E-state index in [1.165, 1.54) is 6.07 Å². The van der Waals surface area contributed by atoms with Crippen molar-refractivity contribution in [2.45, 2.75) is 9.79 Å². The van der Waals surface area contributed by atoms with E-state index in [0.717, 1.165) is 23.5 Å². The van der Waals surface area contributed by atoms with Gasteiger partial charge in [0, 0.05) is 11.6 Å². The second-order valence-electron chi connectivity index (χ2n) is 3.63. The summed E-state index contributed by atoms with van der Waals surface area (Å²) in [5, 5.41) is 1.74. The molecule has 0 atom stereocenters. The highest BCUT2D eigenvalue weighted by Gasteiger charge is 2.22. The van der Waals surface area contributed by atoms with Gasteiger partial charge in [-0.15, -0.1) is 11.3 Å². The first-order chi connectivity index (χ1) is 9.10. The highest BCUT2D eigenvalue weighted by molar-refractivity contribution is 7.86. The molecule has 0 saturated carbocycles. The van der Waals surface area contributed by atoms with Crippen LogP contribution in [-0.2, 0) is 20.2 Å². The van der Waals surface area contributed by atoms with Gasteiger partial charge in [0.1, 0.15) is 4.90 Å².